The molecule has 1 aliphatic rings. The molecule has 1 heterocycles. The Morgan fingerprint density at radius 1 is 0.955 bits per heavy atom. The molecule has 114 valence electrons. The van der Waals surface area contributed by atoms with Gasteiger partial charge in [0.25, 0.3) is 0 Å². The summed E-state index contributed by atoms with van der Waals surface area (Å²) in [6.07, 6.45) is 1.62. The van der Waals surface area contributed by atoms with Gasteiger partial charge in [0.15, 0.2) is 0 Å². The van der Waals surface area contributed by atoms with E-state index in [-0.39, 0.29) is 5.91 Å². The largest absolute Gasteiger partial charge is 0.385 e. The van der Waals surface area contributed by atoms with Crippen LogP contribution in [0.2, 0.25) is 0 Å². The molecule has 0 radical (unpaired) electrons. The highest BCUT2D eigenvalue weighted by molar-refractivity contribution is 5.78. The predicted octanol–water partition coefficient (Wildman–Crippen LogP) is 2.74. The first-order valence-electron chi connectivity index (χ1n) is 7.77. The molecule has 0 unspecified atom stereocenters. The normalized spacial score (nSPS) is 17.2. The van der Waals surface area contributed by atoms with Crippen LogP contribution in [-0.4, -0.2) is 29.0 Å². The van der Waals surface area contributed by atoms with E-state index in [1.165, 1.54) is 0 Å². The molecule has 0 saturated carbocycles. The Labute approximate surface area is 131 Å². The van der Waals surface area contributed by atoms with Gasteiger partial charge in [0.05, 0.1) is 12.0 Å². The minimum absolute atomic E-state index is 0.140. The Morgan fingerprint density at radius 3 is 2.09 bits per heavy atom. The summed E-state index contributed by atoms with van der Waals surface area (Å²) in [7, 11) is 0. The van der Waals surface area contributed by atoms with Crippen molar-refractivity contribution in [3.63, 3.8) is 0 Å². The van der Waals surface area contributed by atoms with Crippen molar-refractivity contribution in [2.24, 2.45) is 0 Å². The standard InChI is InChI=1S/C19H21NO2/c21-18(15-16-7-3-1-4-8-16)20-13-11-19(22,12-14-20)17-9-5-2-6-10-17/h1-10,22H,11-15H2. The number of piperidine rings is 1. The van der Waals surface area contributed by atoms with Crippen LogP contribution in [0.5, 0.6) is 0 Å². The van der Waals surface area contributed by atoms with Gasteiger partial charge in [0.1, 0.15) is 0 Å². The van der Waals surface area contributed by atoms with Crippen LogP contribution in [0, 0.1) is 0 Å². The lowest BCUT2D eigenvalue weighted by Crippen LogP contribution is -2.45. The van der Waals surface area contributed by atoms with E-state index in [1.54, 1.807) is 0 Å². The lowest BCUT2D eigenvalue weighted by Gasteiger charge is -2.38. The topological polar surface area (TPSA) is 40.5 Å². The van der Waals surface area contributed by atoms with E-state index < -0.39 is 5.60 Å². The number of nitrogens with zero attached hydrogens (tertiary/aromatic N) is 1. The number of benzene rings is 2. The maximum absolute atomic E-state index is 12.4. The molecule has 3 nitrogen and oxygen atoms in total. The molecule has 2 aromatic carbocycles. The first-order valence-corrected chi connectivity index (χ1v) is 7.77. The second-order valence-corrected chi connectivity index (χ2v) is 5.94. The fraction of sp³-hybridized carbons (Fsp3) is 0.316. The lowest BCUT2D eigenvalue weighted by molar-refractivity contribution is -0.135. The van der Waals surface area contributed by atoms with E-state index in [2.05, 4.69) is 0 Å². The van der Waals surface area contributed by atoms with Crippen LogP contribution < -0.4 is 0 Å². The van der Waals surface area contributed by atoms with E-state index in [4.69, 9.17) is 0 Å². The van der Waals surface area contributed by atoms with Crippen molar-refractivity contribution in [1.29, 1.82) is 0 Å². The summed E-state index contributed by atoms with van der Waals surface area (Å²) in [5.74, 6) is 0.140. The Hall–Kier alpha value is -2.13. The number of carbonyl (C=O) groups is 1. The Bertz CT molecular complexity index is 616. The predicted molar refractivity (Wildman–Crippen MR) is 86.3 cm³/mol. The number of hydrogen-bond donors (Lipinski definition) is 1. The Morgan fingerprint density at radius 2 is 1.50 bits per heavy atom. The SMILES string of the molecule is O=C(Cc1ccccc1)N1CCC(O)(c2ccccc2)CC1. The third-order valence-corrected chi connectivity index (χ3v) is 4.45. The smallest absolute Gasteiger partial charge is 0.226 e. The van der Waals surface area contributed by atoms with Crippen molar-refractivity contribution in [2.45, 2.75) is 24.9 Å². The molecule has 0 bridgehead atoms. The number of carbonyl (C=O) groups excluding carboxylic acids is 1. The van der Waals surface area contributed by atoms with Gasteiger partial charge in [0.2, 0.25) is 5.91 Å². The van der Waals surface area contributed by atoms with Crippen LogP contribution in [0.15, 0.2) is 60.7 Å². The molecule has 0 aromatic heterocycles. The van der Waals surface area contributed by atoms with Crippen LogP contribution in [0.4, 0.5) is 0 Å². The van der Waals surface area contributed by atoms with Crippen molar-refractivity contribution < 1.29 is 9.90 Å². The van der Waals surface area contributed by atoms with Crippen LogP contribution >= 0.6 is 0 Å². The van der Waals surface area contributed by atoms with Crippen LogP contribution in [-0.2, 0) is 16.8 Å². The fourth-order valence-corrected chi connectivity index (χ4v) is 3.05. The van der Waals surface area contributed by atoms with Crippen LogP contribution in [0.3, 0.4) is 0 Å². The third-order valence-electron chi connectivity index (χ3n) is 4.45. The van der Waals surface area contributed by atoms with Crippen molar-refractivity contribution in [2.75, 3.05) is 13.1 Å². The molecule has 3 heteroatoms. The summed E-state index contributed by atoms with van der Waals surface area (Å²) >= 11 is 0. The number of hydrogen-bond acceptors (Lipinski definition) is 2. The first kappa shape index (κ1) is 14.8. The number of likely N-dealkylation sites (tertiary alicyclic amines) is 1. The minimum Gasteiger partial charge on any atom is -0.385 e. The zero-order valence-electron chi connectivity index (χ0n) is 12.6. The van der Waals surface area contributed by atoms with Crippen LogP contribution in [0.1, 0.15) is 24.0 Å². The van der Waals surface area contributed by atoms with Crippen molar-refractivity contribution in [1.82, 2.24) is 4.90 Å². The van der Waals surface area contributed by atoms with Gasteiger partial charge in [-0.05, 0) is 24.0 Å². The molecule has 0 atom stereocenters. The van der Waals surface area contributed by atoms with Gasteiger partial charge in [-0.25, -0.2) is 0 Å². The van der Waals surface area contributed by atoms with Gasteiger partial charge in [-0.3, -0.25) is 4.79 Å². The second kappa shape index (κ2) is 6.32. The van der Waals surface area contributed by atoms with Crippen LogP contribution in [0.25, 0.3) is 0 Å². The number of aliphatic hydroxyl groups is 1. The monoisotopic (exact) mass is 295 g/mol. The highest BCUT2D eigenvalue weighted by atomic mass is 16.3. The zero-order chi connectivity index (χ0) is 15.4. The van der Waals surface area contributed by atoms with Gasteiger partial charge < -0.3 is 10.0 Å². The van der Waals surface area contributed by atoms with Gasteiger partial charge in [0, 0.05) is 13.1 Å². The van der Waals surface area contributed by atoms with Gasteiger partial charge >= 0.3 is 0 Å². The number of rotatable bonds is 3. The fourth-order valence-electron chi connectivity index (χ4n) is 3.05. The maximum Gasteiger partial charge on any atom is 0.226 e. The molecule has 1 aliphatic heterocycles. The highest BCUT2D eigenvalue weighted by Crippen LogP contribution is 2.32. The molecule has 1 saturated heterocycles. The minimum atomic E-state index is -0.801. The molecule has 2 aromatic rings. The summed E-state index contributed by atoms with van der Waals surface area (Å²) in [6, 6.07) is 19.6. The molecule has 22 heavy (non-hydrogen) atoms. The van der Waals surface area contributed by atoms with E-state index >= 15 is 0 Å². The highest BCUT2D eigenvalue weighted by Gasteiger charge is 2.35. The van der Waals surface area contributed by atoms with E-state index in [0.29, 0.717) is 32.4 Å². The quantitative estimate of drug-likeness (QED) is 0.946. The van der Waals surface area contributed by atoms with E-state index in [1.807, 2.05) is 65.6 Å². The maximum atomic E-state index is 12.4. The number of amides is 1. The summed E-state index contributed by atoms with van der Waals surface area (Å²) in [4.78, 5) is 14.2. The Kier molecular flexibility index (Phi) is 4.25. The molecule has 3 rings (SSSR count). The molecule has 0 spiro atoms. The third kappa shape index (κ3) is 3.20. The Balaban J connectivity index is 1.61. The molecular formula is C19H21NO2. The van der Waals surface area contributed by atoms with E-state index in [9.17, 15) is 9.90 Å². The van der Waals surface area contributed by atoms with Gasteiger partial charge in [-0.15, -0.1) is 0 Å². The molecule has 1 amide bonds. The van der Waals surface area contributed by atoms with Gasteiger partial charge in [-0.2, -0.15) is 0 Å². The van der Waals surface area contributed by atoms with Crippen molar-refractivity contribution >= 4 is 5.91 Å². The molecule has 0 aliphatic carbocycles. The summed E-state index contributed by atoms with van der Waals surface area (Å²) in [6.45, 7) is 1.22. The summed E-state index contributed by atoms with van der Waals surface area (Å²) in [5, 5.41) is 10.8. The van der Waals surface area contributed by atoms with Crippen molar-refractivity contribution in [3.8, 4) is 0 Å². The second-order valence-electron chi connectivity index (χ2n) is 5.94. The summed E-state index contributed by atoms with van der Waals surface area (Å²) in [5.41, 5.74) is 1.19. The molecule has 1 N–H and O–H groups in total. The average molecular weight is 295 g/mol. The van der Waals surface area contributed by atoms with Crippen molar-refractivity contribution in [3.05, 3.63) is 71.8 Å². The van der Waals surface area contributed by atoms with Gasteiger partial charge in [-0.1, -0.05) is 60.7 Å². The lowest BCUT2D eigenvalue weighted by atomic mass is 9.84. The first-order chi connectivity index (χ1) is 10.7. The van der Waals surface area contributed by atoms with E-state index in [0.717, 1.165) is 11.1 Å². The summed E-state index contributed by atoms with van der Waals surface area (Å²) < 4.78 is 0. The average Bonchev–Trinajstić information content (AvgIpc) is 2.57. The molecule has 1 fully saturated rings. The zero-order valence-corrected chi connectivity index (χ0v) is 12.6. The molecular weight excluding hydrogens is 274 g/mol.